The molecule has 0 amide bonds. The zero-order valence-corrected chi connectivity index (χ0v) is 7.77. The summed E-state index contributed by atoms with van der Waals surface area (Å²) in [6.45, 7) is 2.48. The van der Waals surface area contributed by atoms with Crippen LogP contribution in [0.1, 0.15) is 18.1 Å². The summed E-state index contributed by atoms with van der Waals surface area (Å²) in [6, 6.07) is 5.85. The first-order valence-corrected chi connectivity index (χ1v) is 4.24. The summed E-state index contributed by atoms with van der Waals surface area (Å²) in [5, 5.41) is 0.784. The zero-order valence-electron chi connectivity index (χ0n) is 7.01. The van der Waals surface area contributed by atoms with Gasteiger partial charge in [0.15, 0.2) is 0 Å². The quantitative estimate of drug-likeness (QED) is 0.734. The van der Waals surface area contributed by atoms with E-state index in [2.05, 4.69) is 11.8 Å². The molecule has 0 fully saturated rings. The largest absolute Gasteiger partial charge is 0.300 e. The van der Waals surface area contributed by atoms with E-state index in [0.717, 1.165) is 22.6 Å². The maximum absolute atomic E-state index is 5.97. The molecule has 2 nitrogen and oxygen atoms in total. The topological polar surface area (TPSA) is 35.2 Å². The van der Waals surface area contributed by atoms with Gasteiger partial charge in [0.05, 0.1) is 6.61 Å². The second kappa shape index (κ2) is 4.45. The molecular weight excluding hydrogens is 174 g/mol. The fourth-order valence-corrected chi connectivity index (χ4v) is 1.40. The van der Waals surface area contributed by atoms with Crippen LogP contribution in [0.2, 0.25) is 5.02 Å². The molecule has 1 rings (SSSR count). The van der Waals surface area contributed by atoms with Crippen LogP contribution in [0.4, 0.5) is 0 Å². The van der Waals surface area contributed by atoms with Crippen LogP contribution in [0.3, 0.4) is 0 Å². The first-order chi connectivity index (χ1) is 5.77. The van der Waals surface area contributed by atoms with Crippen molar-refractivity contribution in [1.82, 2.24) is 0 Å². The molecule has 0 atom stereocenters. The fraction of sp³-hybridized carbons (Fsp3) is 0.333. The van der Waals surface area contributed by atoms with Crippen LogP contribution in [0.15, 0.2) is 18.2 Å². The molecule has 0 bridgehead atoms. The standard InChI is InChI=1S/C9H12ClNO/c1-2-8-4-3-7(6-12-11)5-9(8)10/h3-5H,2,6,11H2,1H3. The van der Waals surface area contributed by atoms with Gasteiger partial charge in [-0.15, -0.1) is 0 Å². The Bertz CT molecular complexity index is 263. The lowest BCUT2D eigenvalue weighted by Crippen LogP contribution is -1.99. The molecule has 0 aliphatic rings. The van der Waals surface area contributed by atoms with E-state index in [1.165, 1.54) is 0 Å². The third-order valence-corrected chi connectivity index (χ3v) is 2.10. The molecule has 0 heterocycles. The molecule has 0 radical (unpaired) electrons. The summed E-state index contributed by atoms with van der Waals surface area (Å²) < 4.78 is 0. The summed E-state index contributed by atoms with van der Waals surface area (Å²) in [6.07, 6.45) is 0.947. The van der Waals surface area contributed by atoms with Crippen molar-refractivity contribution in [2.24, 2.45) is 5.90 Å². The van der Waals surface area contributed by atoms with Gasteiger partial charge in [0.25, 0.3) is 0 Å². The van der Waals surface area contributed by atoms with Crippen molar-refractivity contribution in [2.75, 3.05) is 0 Å². The van der Waals surface area contributed by atoms with Crippen LogP contribution in [-0.2, 0) is 17.9 Å². The highest BCUT2D eigenvalue weighted by molar-refractivity contribution is 6.31. The van der Waals surface area contributed by atoms with Crippen LogP contribution in [0.25, 0.3) is 0 Å². The normalized spacial score (nSPS) is 10.2. The molecule has 0 aliphatic heterocycles. The van der Waals surface area contributed by atoms with Gasteiger partial charge in [0.2, 0.25) is 0 Å². The lowest BCUT2D eigenvalue weighted by molar-refractivity contribution is 0.124. The number of rotatable bonds is 3. The third kappa shape index (κ3) is 2.21. The molecule has 0 unspecified atom stereocenters. The first-order valence-electron chi connectivity index (χ1n) is 3.87. The van der Waals surface area contributed by atoms with Crippen molar-refractivity contribution in [3.8, 4) is 0 Å². The second-order valence-electron chi connectivity index (χ2n) is 2.59. The number of aryl methyl sites for hydroxylation is 1. The van der Waals surface area contributed by atoms with E-state index in [9.17, 15) is 0 Å². The van der Waals surface area contributed by atoms with Gasteiger partial charge in [-0.3, -0.25) is 4.84 Å². The van der Waals surface area contributed by atoms with E-state index >= 15 is 0 Å². The molecule has 0 saturated carbocycles. The Morgan fingerprint density at radius 2 is 2.25 bits per heavy atom. The minimum atomic E-state index is 0.406. The molecule has 2 N–H and O–H groups in total. The lowest BCUT2D eigenvalue weighted by Gasteiger charge is -2.03. The highest BCUT2D eigenvalue weighted by Crippen LogP contribution is 2.18. The van der Waals surface area contributed by atoms with E-state index in [1.54, 1.807) is 0 Å². The number of hydrogen-bond donors (Lipinski definition) is 1. The van der Waals surface area contributed by atoms with Crippen molar-refractivity contribution < 1.29 is 4.84 Å². The number of nitrogens with two attached hydrogens (primary N) is 1. The average Bonchev–Trinajstić information content (AvgIpc) is 2.05. The van der Waals surface area contributed by atoms with E-state index in [0.29, 0.717) is 6.61 Å². The van der Waals surface area contributed by atoms with E-state index in [1.807, 2.05) is 18.2 Å². The summed E-state index contributed by atoms with van der Waals surface area (Å²) in [5.41, 5.74) is 2.15. The maximum atomic E-state index is 5.97. The highest BCUT2D eigenvalue weighted by Gasteiger charge is 1.99. The van der Waals surface area contributed by atoms with Gasteiger partial charge in [0.1, 0.15) is 0 Å². The minimum absolute atomic E-state index is 0.406. The first kappa shape index (κ1) is 9.52. The summed E-state index contributed by atoms with van der Waals surface area (Å²) in [7, 11) is 0. The van der Waals surface area contributed by atoms with E-state index < -0.39 is 0 Å². The van der Waals surface area contributed by atoms with Gasteiger partial charge < -0.3 is 0 Å². The maximum Gasteiger partial charge on any atom is 0.0930 e. The van der Waals surface area contributed by atoms with Crippen molar-refractivity contribution >= 4 is 11.6 Å². The summed E-state index contributed by atoms with van der Waals surface area (Å²) >= 11 is 5.97. The Morgan fingerprint density at radius 3 is 2.75 bits per heavy atom. The van der Waals surface area contributed by atoms with Gasteiger partial charge in [-0.1, -0.05) is 30.7 Å². The highest BCUT2D eigenvalue weighted by atomic mass is 35.5. The van der Waals surface area contributed by atoms with E-state index in [-0.39, 0.29) is 0 Å². The van der Waals surface area contributed by atoms with Crippen molar-refractivity contribution in [1.29, 1.82) is 0 Å². The predicted molar refractivity (Wildman–Crippen MR) is 49.8 cm³/mol. The molecule has 0 aromatic heterocycles. The Balaban J connectivity index is 2.86. The predicted octanol–water partition coefficient (Wildman–Crippen LogP) is 2.29. The number of hydrogen-bond acceptors (Lipinski definition) is 2. The van der Waals surface area contributed by atoms with Gasteiger partial charge in [-0.2, -0.15) is 0 Å². The third-order valence-electron chi connectivity index (χ3n) is 1.75. The Kier molecular flexibility index (Phi) is 3.53. The molecule has 0 saturated heterocycles. The molecule has 66 valence electrons. The summed E-state index contributed by atoms with van der Waals surface area (Å²) in [4.78, 5) is 4.50. The van der Waals surface area contributed by atoms with Crippen molar-refractivity contribution in [3.05, 3.63) is 34.3 Å². The smallest absolute Gasteiger partial charge is 0.0930 e. The van der Waals surface area contributed by atoms with Crippen LogP contribution in [-0.4, -0.2) is 0 Å². The molecule has 0 aliphatic carbocycles. The molecule has 1 aromatic carbocycles. The summed E-state index contributed by atoms with van der Waals surface area (Å²) in [5.74, 6) is 4.94. The zero-order chi connectivity index (χ0) is 8.97. The Labute approximate surface area is 77.2 Å². The van der Waals surface area contributed by atoms with Crippen LogP contribution in [0, 0.1) is 0 Å². The second-order valence-corrected chi connectivity index (χ2v) is 3.00. The lowest BCUT2D eigenvalue weighted by atomic mass is 10.1. The van der Waals surface area contributed by atoms with Crippen molar-refractivity contribution in [3.63, 3.8) is 0 Å². The van der Waals surface area contributed by atoms with Crippen LogP contribution < -0.4 is 5.90 Å². The average molecular weight is 186 g/mol. The molecule has 1 aromatic rings. The van der Waals surface area contributed by atoms with Gasteiger partial charge >= 0.3 is 0 Å². The number of halogens is 1. The Hall–Kier alpha value is -0.570. The van der Waals surface area contributed by atoms with Gasteiger partial charge in [0, 0.05) is 5.02 Å². The van der Waals surface area contributed by atoms with E-state index in [4.69, 9.17) is 17.5 Å². The molecular formula is C9H12ClNO. The minimum Gasteiger partial charge on any atom is -0.300 e. The van der Waals surface area contributed by atoms with Gasteiger partial charge in [-0.05, 0) is 23.6 Å². The monoisotopic (exact) mass is 185 g/mol. The Morgan fingerprint density at radius 1 is 1.50 bits per heavy atom. The molecule has 12 heavy (non-hydrogen) atoms. The fourth-order valence-electron chi connectivity index (χ4n) is 1.06. The van der Waals surface area contributed by atoms with Gasteiger partial charge in [-0.25, -0.2) is 5.90 Å². The van der Waals surface area contributed by atoms with Crippen LogP contribution in [0.5, 0.6) is 0 Å². The number of benzene rings is 1. The molecule has 0 spiro atoms. The molecule has 3 heteroatoms. The SMILES string of the molecule is CCc1ccc(CON)cc1Cl. The van der Waals surface area contributed by atoms with Crippen LogP contribution >= 0.6 is 11.6 Å². The van der Waals surface area contributed by atoms with Crippen molar-refractivity contribution in [2.45, 2.75) is 20.0 Å².